The molecule has 11 heteroatoms. The quantitative estimate of drug-likeness (QED) is 0.410. The summed E-state index contributed by atoms with van der Waals surface area (Å²) in [4.78, 5) is 17.2. The topological polar surface area (TPSA) is 35.6 Å². The van der Waals surface area contributed by atoms with Gasteiger partial charge in [-0.3, -0.25) is 9.69 Å². The zero-order valence-corrected chi connectivity index (χ0v) is 21.9. The normalized spacial score (nSPS) is 23.7. The molecular weight excluding hydrogens is 544 g/mol. The number of piperidine rings is 2. The molecule has 1 amide bonds. The first-order chi connectivity index (χ1) is 18.4. The monoisotopic (exact) mass is 573 g/mol. The van der Waals surface area contributed by atoms with Gasteiger partial charge < -0.3 is 10.2 Å². The molecule has 1 aliphatic carbocycles. The Kier molecular flexibility index (Phi) is 7.92. The second-order valence-corrected chi connectivity index (χ2v) is 11.2. The third-order valence-electron chi connectivity index (χ3n) is 8.04. The first kappa shape index (κ1) is 28.2. The number of halogens is 7. The molecular formula is C28H30ClF6N3O. The van der Waals surface area contributed by atoms with Gasteiger partial charge in [-0.2, -0.15) is 26.3 Å². The number of benzene rings is 2. The molecule has 2 aromatic rings. The predicted molar refractivity (Wildman–Crippen MR) is 136 cm³/mol. The molecule has 0 spiro atoms. The summed E-state index contributed by atoms with van der Waals surface area (Å²) in [7, 11) is 0. The van der Waals surface area contributed by atoms with Gasteiger partial charge in [0, 0.05) is 47.7 Å². The average Bonchev–Trinajstić information content (AvgIpc) is 3.72. The van der Waals surface area contributed by atoms with Gasteiger partial charge in [0.05, 0.1) is 11.1 Å². The fourth-order valence-corrected chi connectivity index (χ4v) is 5.97. The molecule has 0 unspecified atom stereocenters. The van der Waals surface area contributed by atoms with Crippen molar-refractivity contribution in [3.63, 3.8) is 0 Å². The SMILES string of the molecule is O=C(c1cc(C(F)(F)F)cc(C(F)(F)F)c1)N1CC[C@@H](N2CCC(NC3CC3)CC2)[C@@H](c2ccc(Cl)cc2)C1. The van der Waals surface area contributed by atoms with Crippen molar-refractivity contribution in [1.29, 1.82) is 0 Å². The van der Waals surface area contributed by atoms with Gasteiger partial charge in [-0.25, -0.2) is 0 Å². The van der Waals surface area contributed by atoms with Crippen LogP contribution in [0.3, 0.4) is 0 Å². The van der Waals surface area contributed by atoms with Crippen LogP contribution in [-0.4, -0.2) is 60.0 Å². The standard InChI is InChI=1S/C28H30ClF6N3O/c29-21-3-1-17(2-4-21)24-16-38(12-9-25(24)37-10-7-23(8-11-37)36-22-5-6-22)26(39)18-13-19(27(30,31)32)15-20(14-18)28(33,34)35/h1-4,13-15,22-25,36H,5-12,16H2/t24-,25-/m1/s1. The number of alkyl halides is 6. The largest absolute Gasteiger partial charge is 0.416 e. The van der Waals surface area contributed by atoms with E-state index in [-0.39, 0.29) is 31.1 Å². The number of nitrogens with zero attached hydrogens (tertiary/aromatic N) is 2. The Morgan fingerprint density at radius 2 is 1.36 bits per heavy atom. The summed E-state index contributed by atoms with van der Waals surface area (Å²) in [6, 6.07) is 9.52. The Morgan fingerprint density at radius 3 is 1.90 bits per heavy atom. The van der Waals surface area contributed by atoms with Crippen molar-refractivity contribution >= 4 is 17.5 Å². The molecule has 0 radical (unpaired) electrons. The van der Waals surface area contributed by atoms with Crippen molar-refractivity contribution in [3.8, 4) is 0 Å². The summed E-state index contributed by atoms with van der Waals surface area (Å²) < 4.78 is 80.4. The van der Waals surface area contributed by atoms with Gasteiger partial charge in [0.15, 0.2) is 0 Å². The molecule has 2 aromatic carbocycles. The van der Waals surface area contributed by atoms with Crippen molar-refractivity contribution < 1.29 is 31.1 Å². The molecule has 1 saturated carbocycles. The number of rotatable bonds is 5. The lowest BCUT2D eigenvalue weighted by atomic mass is 9.83. The zero-order valence-electron chi connectivity index (χ0n) is 21.2. The highest BCUT2D eigenvalue weighted by Gasteiger charge is 2.41. The number of hydrogen-bond acceptors (Lipinski definition) is 3. The van der Waals surface area contributed by atoms with E-state index in [1.807, 2.05) is 12.1 Å². The van der Waals surface area contributed by atoms with Crippen LogP contribution in [0.1, 0.15) is 65.1 Å². The minimum absolute atomic E-state index is 0.0429. The molecule has 212 valence electrons. The molecule has 2 aliphatic heterocycles. The summed E-state index contributed by atoms with van der Waals surface area (Å²) in [5, 5.41) is 4.23. The van der Waals surface area contributed by atoms with Gasteiger partial charge in [-0.05, 0) is 81.1 Å². The molecule has 2 saturated heterocycles. The van der Waals surface area contributed by atoms with Crippen LogP contribution in [0.2, 0.25) is 5.02 Å². The third-order valence-corrected chi connectivity index (χ3v) is 8.30. The maximum Gasteiger partial charge on any atom is 0.416 e. The van der Waals surface area contributed by atoms with Crippen LogP contribution in [0.15, 0.2) is 42.5 Å². The second kappa shape index (κ2) is 10.9. The molecule has 4 nitrogen and oxygen atoms in total. The fourth-order valence-electron chi connectivity index (χ4n) is 5.84. The molecule has 2 heterocycles. The lowest BCUT2D eigenvalue weighted by Crippen LogP contribution is -2.54. The van der Waals surface area contributed by atoms with E-state index in [4.69, 9.17) is 11.6 Å². The van der Waals surface area contributed by atoms with Gasteiger partial charge in [0.25, 0.3) is 5.91 Å². The summed E-state index contributed by atoms with van der Waals surface area (Å²) >= 11 is 6.09. The number of hydrogen-bond donors (Lipinski definition) is 1. The van der Waals surface area contributed by atoms with Crippen molar-refractivity contribution in [2.75, 3.05) is 26.2 Å². The molecule has 1 N–H and O–H groups in total. The smallest absolute Gasteiger partial charge is 0.338 e. The van der Waals surface area contributed by atoms with E-state index in [0.29, 0.717) is 35.7 Å². The first-order valence-corrected chi connectivity index (χ1v) is 13.6. The molecule has 0 bridgehead atoms. The van der Waals surface area contributed by atoms with Crippen LogP contribution in [-0.2, 0) is 12.4 Å². The summed E-state index contributed by atoms with van der Waals surface area (Å²) in [5.41, 5.74) is -2.67. The first-order valence-electron chi connectivity index (χ1n) is 13.2. The van der Waals surface area contributed by atoms with Crippen molar-refractivity contribution in [2.24, 2.45) is 0 Å². The van der Waals surface area contributed by atoms with E-state index in [0.717, 1.165) is 31.5 Å². The van der Waals surface area contributed by atoms with Crippen molar-refractivity contribution in [3.05, 3.63) is 69.7 Å². The predicted octanol–water partition coefficient (Wildman–Crippen LogP) is 6.59. The Labute approximate surface area is 228 Å². The van der Waals surface area contributed by atoms with E-state index in [1.165, 1.54) is 17.7 Å². The highest BCUT2D eigenvalue weighted by atomic mass is 35.5. The van der Waals surface area contributed by atoms with Crippen LogP contribution in [0.25, 0.3) is 0 Å². The molecule has 5 rings (SSSR count). The lowest BCUT2D eigenvalue weighted by Gasteiger charge is -2.46. The Morgan fingerprint density at radius 1 is 0.795 bits per heavy atom. The Bertz CT molecular complexity index is 1140. The number of amides is 1. The fraction of sp³-hybridized carbons (Fsp3) is 0.536. The van der Waals surface area contributed by atoms with Crippen LogP contribution >= 0.6 is 11.6 Å². The van der Waals surface area contributed by atoms with Gasteiger partial charge in [-0.15, -0.1) is 0 Å². The molecule has 0 aromatic heterocycles. The van der Waals surface area contributed by atoms with Crippen LogP contribution < -0.4 is 5.32 Å². The minimum atomic E-state index is -5.02. The minimum Gasteiger partial charge on any atom is -0.338 e. The number of likely N-dealkylation sites (tertiary alicyclic amines) is 2. The summed E-state index contributed by atoms with van der Waals surface area (Å²) in [6.45, 7) is 2.19. The van der Waals surface area contributed by atoms with E-state index >= 15 is 0 Å². The number of nitrogens with one attached hydrogen (secondary N) is 1. The van der Waals surface area contributed by atoms with Crippen LogP contribution in [0.4, 0.5) is 26.3 Å². The van der Waals surface area contributed by atoms with E-state index < -0.39 is 35.0 Å². The average molecular weight is 574 g/mol. The van der Waals surface area contributed by atoms with Crippen LogP contribution in [0.5, 0.6) is 0 Å². The van der Waals surface area contributed by atoms with E-state index in [9.17, 15) is 31.1 Å². The summed E-state index contributed by atoms with van der Waals surface area (Å²) in [6.07, 6.45) is -5.01. The zero-order chi connectivity index (χ0) is 27.9. The number of carbonyl (C=O) groups excluding carboxylic acids is 1. The van der Waals surface area contributed by atoms with Crippen molar-refractivity contribution in [1.82, 2.24) is 15.1 Å². The van der Waals surface area contributed by atoms with Gasteiger partial charge in [0.2, 0.25) is 0 Å². The van der Waals surface area contributed by atoms with Gasteiger partial charge >= 0.3 is 12.4 Å². The molecule has 39 heavy (non-hydrogen) atoms. The maximum absolute atomic E-state index is 13.4. The van der Waals surface area contributed by atoms with E-state index in [2.05, 4.69) is 10.2 Å². The Balaban J connectivity index is 1.38. The number of carbonyl (C=O) groups is 1. The highest BCUT2D eigenvalue weighted by Crippen LogP contribution is 2.38. The van der Waals surface area contributed by atoms with Gasteiger partial charge in [0.1, 0.15) is 0 Å². The third kappa shape index (κ3) is 6.72. The molecule has 3 aliphatic rings. The summed E-state index contributed by atoms with van der Waals surface area (Å²) in [5.74, 6) is -1.00. The van der Waals surface area contributed by atoms with E-state index in [1.54, 1.807) is 12.1 Å². The van der Waals surface area contributed by atoms with Crippen molar-refractivity contribution in [2.45, 2.75) is 68.5 Å². The lowest BCUT2D eigenvalue weighted by molar-refractivity contribution is -0.143. The molecule has 3 fully saturated rings. The second-order valence-electron chi connectivity index (χ2n) is 10.8. The van der Waals surface area contributed by atoms with Gasteiger partial charge in [-0.1, -0.05) is 23.7 Å². The van der Waals surface area contributed by atoms with Crippen LogP contribution in [0, 0.1) is 0 Å². The highest BCUT2D eigenvalue weighted by molar-refractivity contribution is 6.30. The Hall–Kier alpha value is -2.30. The maximum atomic E-state index is 13.4. The molecule has 2 atom stereocenters.